The van der Waals surface area contributed by atoms with Crippen LogP contribution in [-0.2, 0) is 16.0 Å². The molecule has 36 heavy (non-hydrogen) atoms. The molecule has 13 nitrogen and oxygen atoms in total. The average molecular weight is 489 g/mol. The molecule has 184 valence electrons. The molecule has 6 rings (SSSR count). The number of nitrogens with zero attached hydrogens (tertiary/aromatic N) is 7. The van der Waals surface area contributed by atoms with Crippen molar-refractivity contribution in [1.82, 2.24) is 45.6 Å². The predicted octanol–water partition coefficient (Wildman–Crippen LogP) is 1.25. The van der Waals surface area contributed by atoms with Gasteiger partial charge >= 0.3 is 12.0 Å². The lowest BCUT2D eigenvalue weighted by Gasteiger charge is -2.18. The van der Waals surface area contributed by atoms with Crippen molar-refractivity contribution in [3.8, 4) is 17.4 Å². The van der Waals surface area contributed by atoms with Gasteiger partial charge in [-0.1, -0.05) is 35.4 Å². The average Bonchev–Trinajstić information content (AvgIpc) is 3.71. The number of carbonyl (C=O) groups excluding carboxylic acids is 1. The van der Waals surface area contributed by atoms with E-state index in [1.165, 1.54) is 6.33 Å². The lowest BCUT2D eigenvalue weighted by Crippen LogP contribution is -2.48. The van der Waals surface area contributed by atoms with Gasteiger partial charge in [0.25, 0.3) is 0 Å². The number of tetrazole rings is 1. The SMILES string of the molecule is O=C(NCc1ccccc1)N[C@@H]1CO[C@@H]2[C@@H]1OC[C@@H]2n1nnnc1Oc1ccc(-n2cncn2)cc1. The molecule has 2 aromatic heterocycles. The van der Waals surface area contributed by atoms with Crippen LogP contribution in [0.25, 0.3) is 5.69 Å². The smallest absolute Gasteiger partial charge is 0.341 e. The Morgan fingerprint density at radius 1 is 1.06 bits per heavy atom. The maximum Gasteiger partial charge on any atom is 0.341 e. The molecule has 2 aromatic carbocycles. The molecule has 0 aliphatic carbocycles. The molecule has 2 fully saturated rings. The molecular formula is C23H23N9O4. The van der Waals surface area contributed by atoms with Gasteiger partial charge in [-0.05, 0) is 40.3 Å². The van der Waals surface area contributed by atoms with Crippen LogP contribution in [-0.4, -0.2) is 72.5 Å². The van der Waals surface area contributed by atoms with Gasteiger partial charge in [0.1, 0.15) is 36.7 Å². The van der Waals surface area contributed by atoms with E-state index < -0.39 is 0 Å². The fourth-order valence-electron chi connectivity index (χ4n) is 4.38. The molecule has 0 spiro atoms. The zero-order chi connectivity index (χ0) is 24.3. The number of hydrogen-bond acceptors (Lipinski definition) is 9. The van der Waals surface area contributed by atoms with Gasteiger partial charge in [0.2, 0.25) is 0 Å². The fourth-order valence-corrected chi connectivity index (χ4v) is 4.38. The molecule has 2 N–H and O–H groups in total. The van der Waals surface area contributed by atoms with Gasteiger partial charge in [-0.25, -0.2) is 14.5 Å². The van der Waals surface area contributed by atoms with Crippen molar-refractivity contribution in [2.75, 3.05) is 13.2 Å². The summed E-state index contributed by atoms with van der Waals surface area (Å²) in [6.45, 7) is 1.08. The summed E-state index contributed by atoms with van der Waals surface area (Å²) in [6.07, 6.45) is 2.43. The van der Waals surface area contributed by atoms with E-state index >= 15 is 0 Å². The summed E-state index contributed by atoms with van der Waals surface area (Å²) >= 11 is 0. The largest absolute Gasteiger partial charge is 0.423 e. The monoisotopic (exact) mass is 489 g/mol. The number of fused-ring (bicyclic) bond motifs is 1. The van der Waals surface area contributed by atoms with Crippen LogP contribution in [0.5, 0.6) is 11.8 Å². The summed E-state index contributed by atoms with van der Waals surface area (Å²) in [6, 6.07) is 16.4. The van der Waals surface area contributed by atoms with Gasteiger partial charge in [0.15, 0.2) is 0 Å². The Kier molecular flexibility index (Phi) is 5.97. The van der Waals surface area contributed by atoms with Crippen molar-refractivity contribution < 1.29 is 19.0 Å². The van der Waals surface area contributed by atoms with E-state index in [1.807, 2.05) is 42.5 Å². The summed E-state index contributed by atoms with van der Waals surface area (Å²) in [4.78, 5) is 16.4. The summed E-state index contributed by atoms with van der Waals surface area (Å²) in [5.74, 6) is 0.562. The number of rotatable bonds is 7. The minimum Gasteiger partial charge on any atom is -0.423 e. The lowest BCUT2D eigenvalue weighted by molar-refractivity contribution is 0.0613. The molecule has 4 atom stereocenters. The van der Waals surface area contributed by atoms with E-state index in [0.29, 0.717) is 25.5 Å². The highest BCUT2D eigenvalue weighted by Gasteiger charge is 2.50. The number of ether oxygens (including phenoxy) is 3. The summed E-state index contributed by atoms with van der Waals surface area (Å²) in [5.41, 5.74) is 1.86. The maximum absolute atomic E-state index is 12.4. The molecule has 2 saturated heterocycles. The molecule has 4 aromatic rings. The second-order valence-corrected chi connectivity index (χ2v) is 8.42. The number of benzene rings is 2. The number of urea groups is 1. The van der Waals surface area contributed by atoms with Gasteiger partial charge in [-0.2, -0.15) is 9.78 Å². The Labute approximate surface area is 205 Å². The first-order valence-electron chi connectivity index (χ1n) is 11.5. The third-order valence-corrected chi connectivity index (χ3v) is 6.15. The van der Waals surface area contributed by atoms with Gasteiger partial charge in [-0.3, -0.25) is 0 Å². The molecule has 0 saturated carbocycles. The third kappa shape index (κ3) is 4.48. The molecule has 2 aliphatic heterocycles. The quantitative estimate of drug-likeness (QED) is 0.392. The van der Waals surface area contributed by atoms with Gasteiger partial charge < -0.3 is 24.8 Å². The van der Waals surface area contributed by atoms with Crippen LogP contribution in [0.2, 0.25) is 0 Å². The second kappa shape index (κ2) is 9.71. The van der Waals surface area contributed by atoms with E-state index in [9.17, 15) is 4.79 Å². The lowest BCUT2D eigenvalue weighted by atomic mass is 10.1. The topological polar surface area (TPSA) is 143 Å². The van der Waals surface area contributed by atoms with E-state index in [2.05, 4.69) is 36.2 Å². The number of carbonyl (C=O) groups is 1. The zero-order valence-electron chi connectivity index (χ0n) is 19.0. The molecule has 0 bridgehead atoms. The Morgan fingerprint density at radius 2 is 1.89 bits per heavy atom. The highest BCUT2D eigenvalue weighted by Crippen LogP contribution is 2.36. The van der Waals surface area contributed by atoms with Crippen molar-refractivity contribution in [3.63, 3.8) is 0 Å². The molecule has 0 radical (unpaired) electrons. The first-order chi connectivity index (χ1) is 17.7. The van der Waals surface area contributed by atoms with Crippen molar-refractivity contribution in [2.24, 2.45) is 0 Å². The van der Waals surface area contributed by atoms with Gasteiger partial charge in [0.05, 0.1) is 24.9 Å². The van der Waals surface area contributed by atoms with Crippen molar-refractivity contribution in [1.29, 1.82) is 0 Å². The van der Waals surface area contributed by atoms with Crippen LogP contribution in [0, 0.1) is 0 Å². The van der Waals surface area contributed by atoms with Crippen LogP contribution >= 0.6 is 0 Å². The Balaban J connectivity index is 1.07. The Bertz CT molecular complexity index is 1300. The maximum atomic E-state index is 12.4. The van der Waals surface area contributed by atoms with Crippen LogP contribution in [0.4, 0.5) is 4.79 Å². The van der Waals surface area contributed by atoms with Crippen LogP contribution in [0.15, 0.2) is 67.3 Å². The molecule has 13 heteroatoms. The minimum absolute atomic E-state index is 0.221. The second-order valence-electron chi connectivity index (χ2n) is 8.42. The number of amides is 2. The predicted molar refractivity (Wildman–Crippen MR) is 123 cm³/mol. The van der Waals surface area contributed by atoms with Crippen molar-refractivity contribution >= 4 is 6.03 Å². The first kappa shape index (κ1) is 22.1. The van der Waals surface area contributed by atoms with E-state index in [1.54, 1.807) is 27.8 Å². The summed E-state index contributed by atoms with van der Waals surface area (Å²) in [7, 11) is 0. The highest BCUT2D eigenvalue weighted by molar-refractivity contribution is 5.74. The van der Waals surface area contributed by atoms with Crippen LogP contribution in [0.3, 0.4) is 0 Å². The number of nitrogens with one attached hydrogen (secondary N) is 2. The summed E-state index contributed by atoms with van der Waals surface area (Å²) in [5, 5.41) is 21.8. The zero-order valence-corrected chi connectivity index (χ0v) is 19.0. The minimum atomic E-state index is -0.329. The van der Waals surface area contributed by atoms with Crippen LogP contribution in [0.1, 0.15) is 11.6 Å². The van der Waals surface area contributed by atoms with E-state index in [4.69, 9.17) is 14.2 Å². The fraction of sp³-hybridized carbons (Fsp3) is 0.304. The Morgan fingerprint density at radius 3 is 2.69 bits per heavy atom. The highest BCUT2D eigenvalue weighted by atomic mass is 16.6. The molecule has 4 heterocycles. The van der Waals surface area contributed by atoms with Crippen molar-refractivity contribution in [2.45, 2.75) is 30.8 Å². The number of hydrogen-bond donors (Lipinski definition) is 2. The third-order valence-electron chi connectivity index (χ3n) is 6.15. The van der Waals surface area contributed by atoms with Gasteiger partial charge in [0, 0.05) is 6.54 Å². The standard InChI is InChI=1S/C23H23N9O4/c33-22(25-10-15-4-2-1-3-5-15)27-18-11-34-21-19(12-35-20(18)21)32-23(28-29-30-32)36-17-8-6-16(7-9-17)31-14-24-13-26-31/h1-9,13-14,18-21H,10-12H2,(H2,25,27,33)/t18-,19+,20-,21+/m1/s1. The molecule has 2 amide bonds. The molecule has 0 unspecified atom stereocenters. The van der Waals surface area contributed by atoms with E-state index in [0.717, 1.165) is 11.3 Å². The Hall–Kier alpha value is -4.36. The number of aromatic nitrogens is 7. The van der Waals surface area contributed by atoms with Crippen molar-refractivity contribution in [3.05, 3.63) is 72.8 Å². The van der Waals surface area contributed by atoms with E-state index in [-0.39, 0.29) is 36.3 Å². The summed E-state index contributed by atoms with van der Waals surface area (Å²) < 4.78 is 21.1. The molecule has 2 aliphatic rings. The first-order valence-corrected chi connectivity index (χ1v) is 11.5. The molecular weight excluding hydrogens is 466 g/mol. The normalized spacial score (nSPS) is 22.8. The van der Waals surface area contributed by atoms with Gasteiger partial charge in [-0.15, -0.1) is 0 Å². The van der Waals surface area contributed by atoms with Crippen LogP contribution < -0.4 is 15.4 Å².